The van der Waals surface area contributed by atoms with E-state index in [2.05, 4.69) is 12.2 Å². The lowest BCUT2D eigenvalue weighted by molar-refractivity contribution is 0.102. The fourth-order valence-corrected chi connectivity index (χ4v) is 2.68. The average molecular weight is 247 g/mol. The second-order valence-corrected chi connectivity index (χ2v) is 6.25. The fraction of sp³-hybridized carbons (Fsp3) is 1.00. The third-order valence-electron chi connectivity index (χ3n) is 3.06. The van der Waals surface area contributed by atoms with Gasteiger partial charge in [0.15, 0.2) is 0 Å². The molecule has 1 rings (SSSR count). The van der Waals surface area contributed by atoms with E-state index < -0.39 is 10.8 Å². The first-order valence-electron chi connectivity index (χ1n) is 6.33. The van der Waals surface area contributed by atoms with Gasteiger partial charge in [0.1, 0.15) is 0 Å². The Labute approximate surface area is 102 Å². The molecule has 3 unspecified atom stereocenters. The maximum atomic E-state index is 10.9. The van der Waals surface area contributed by atoms with Crippen LogP contribution in [-0.4, -0.2) is 41.5 Å². The van der Waals surface area contributed by atoms with Crippen LogP contribution in [0.2, 0.25) is 0 Å². The minimum atomic E-state index is -0.655. The molecule has 0 aromatic heterocycles. The Kier molecular flexibility index (Phi) is 7.25. The zero-order valence-corrected chi connectivity index (χ0v) is 11.4. The third-order valence-corrected chi connectivity index (χ3v) is 3.87. The van der Waals surface area contributed by atoms with Crippen LogP contribution < -0.4 is 5.32 Å². The highest BCUT2D eigenvalue weighted by molar-refractivity contribution is 7.84. The highest BCUT2D eigenvalue weighted by Crippen LogP contribution is 2.16. The second-order valence-electron chi connectivity index (χ2n) is 4.70. The lowest BCUT2D eigenvalue weighted by atomic mass is 10.1. The maximum absolute atomic E-state index is 10.9. The molecule has 0 aromatic carbocycles. The van der Waals surface area contributed by atoms with Crippen molar-refractivity contribution in [3.63, 3.8) is 0 Å². The SMILES string of the molecule is CC(CCS(C)=O)NCCCC1CCCO1. The molecule has 4 heteroatoms. The molecule has 1 fully saturated rings. The quantitative estimate of drug-likeness (QED) is 0.663. The highest BCUT2D eigenvalue weighted by Gasteiger charge is 2.14. The Morgan fingerprint density at radius 3 is 3.00 bits per heavy atom. The molecule has 1 saturated heterocycles. The second kappa shape index (κ2) is 8.20. The van der Waals surface area contributed by atoms with Gasteiger partial charge < -0.3 is 10.1 Å². The average Bonchev–Trinajstić information content (AvgIpc) is 2.74. The fourth-order valence-electron chi connectivity index (χ4n) is 2.00. The molecular weight excluding hydrogens is 222 g/mol. The number of rotatable bonds is 8. The Morgan fingerprint density at radius 1 is 1.56 bits per heavy atom. The summed E-state index contributed by atoms with van der Waals surface area (Å²) in [7, 11) is -0.655. The number of hydrogen-bond acceptors (Lipinski definition) is 3. The van der Waals surface area contributed by atoms with Gasteiger partial charge >= 0.3 is 0 Å². The molecule has 0 amide bonds. The summed E-state index contributed by atoms with van der Waals surface area (Å²) in [6, 6.07) is 0.480. The van der Waals surface area contributed by atoms with Gasteiger partial charge in [-0.25, -0.2) is 0 Å². The normalized spacial score (nSPS) is 24.5. The summed E-state index contributed by atoms with van der Waals surface area (Å²) in [6.45, 7) is 4.17. The molecule has 1 heterocycles. The first-order valence-corrected chi connectivity index (χ1v) is 8.06. The van der Waals surface area contributed by atoms with E-state index >= 15 is 0 Å². The molecule has 96 valence electrons. The van der Waals surface area contributed by atoms with Crippen LogP contribution >= 0.6 is 0 Å². The van der Waals surface area contributed by atoms with Gasteiger partial charge in [0.25, 0.3) is 0 Å². The van der Waals surface area contributed by atoms with Crippen LogP contribution in [0.15, 0.2) is 0 Å². The first kappa shape index (κ1) is 14.1. The van der Waals surface area contributed by atoms with E-state index in [0.29, 0.717) is 12.1 Å². The number of nitrogens with one attached hydrogen (secondary N) is 1. The Bertz CT molecular complexity index is 205. The number of ether oxygens (including phenoxy) is 1. The van der Waals surface area contributed by atoms with Gasteiger partial charge in [0, 0.05) is 35.5 Å². The molecule has 0 saturated carbocycles. The van der Waals surface area contributed by atoms with Crippen molar-refractivity contribution in [1.29, 1.82) is 0 Å². The topological polar surface area (TPSA) is 38.3 Å². The smallest absolute Gasteiger partial charge is 0.0576 e. The van der Waals surface area contributed by atoms with Gasteiger partial charge in [-0.2, -0.15) is 0 Å². The lowest BCUT2D eigenvalue weighted by Gasteiger charge is -2.14. The van der Waals surface area contributed by atoms with Crippen LogP contribution in [0, 0.1) is 0 Å². The van der Waals surface area contributed by atoms with Crippen molar-refractivity contribution in [3.8, 4) is 0 Å². The van der Waals surface area contributed by atoms with E-state index in [9.17, 15) is 4.21 Å². The minimum Gasteiger partial charge on any atom is -0.378 e. The third kappa shape index (κ3) is 6.61. The predicted molar refractivity (Wildman–Crippen MR) is 69.2 cm³/mol. The van der Waals surface area contributed by atoms with E-state index in [1.54, 1.807) is 6.26 Å². The van der Waals surface area contributed by atoms with E-state index in [4.69, 9.17) is 4.74 Å². The standard InChI is InChI=1S/C12H25NO2S/c1-11(7-10-16(2)14)13-8-3-5-12-6-4-9-15-12/h11-13H,3-10H2,1-2H3. The van der Waals surface area contributed by atoms with E-state index in [1.165, 1.54) is 25.7 Å². The van der Waals surface area contributed by atoms with Crippen molar-refractivity contribution >= 4 is 10.8 Å². The van der Waals surface area contributed by atoms with Crippen molar-refractivity contribution in [2.45, 2.75) is 51.2 Å². The zero-order chi connectivity index (χ0) is 11.8. The van der Waals surface area contributed by atoms with Gasteiger partial charge in [-0.05, 0) is 45.6 Å². The van der Waals surface area contributed by atoms with Crippen LogP contribution in [0.1, 0.15) is 39.0 Å². The van der Waals surface area contributed by atoms with Crippen molar-refractivity contribution in [2.75, 3.05) is 25.2 Å². The molecule has 16 heavy (non-hydrogen) atoms. The van der Waals surface area contributed by atoms with Gasteiger partial charge in [0.05, 0.1) is 6.10 Å². The lowest BCUT2D eigenvalue weighted by Crippen LogP contribution is -2.28. The van der Waals surface area contributed by atoms with Gasteiger partial charge in [-0.15, -0.1) is 0 Å². The molecule has 3 atom stereocenters. The summed E-state index contributed by atoms with van der Waals surface area (Å²) in [5.41, 5.74) is 0. The summed E-state index contributed by atoms with van der Waals surface area (Å²) < 4.78 is 16.5. The molecule has 1 aliphatic rings. The van der Waals surface area contributed by atoms with E-state index in [1.807, 2.05) is 0 Å². The number of hydrogen-bond donors (Lipinski definition) is 1. The molecule has 0 aromatic rings. The van der Waals surface area contributed by atoms with Gasteiger partial charge in [0.2, 0.25) is 0 Å². The van der Waals surface area contributed by atoms with E-state index in [0.717, 1.165) is 25.3 Å². The summed E-state index contributed by atoms with van der Waals surface area (Å²) in [4.78, 5) is 0. The maximum Gasteiger partial charge on any atom is 0.0576 e. The Hall–Kier alpha value is 0.0700. The first-order chi connectivity index (χ1) is 7.68. The summed E-state index contributed by atoms with van der Waals surface area (Å²) >= 11 is 0. The predicted octanol–water partition coefficient (Wildman–Crippen LogP) is 1.69. The molecular formula is C12H25NO2S. The monoisotopic (exact) mass is 247 g/mol. The van der Waals surface area contributed by atoms with Crippen molar-refractivity contribution < 1.29 is 8.95 Å². The molecule has 3 nitrogen and oxygen atoms in total. The van der Waals surface area contributed by atoms with Crippen LogP contribution in [0.25, 0.3) is 0 Å². The molecule has 0 bridgehead atoms. The summed E-state index contributed by atoms with van der Waals surface area (Å²) in [6.07, 6.45) is 8.12. The van der Waals surface area contributed by atoms with Gasteiger partial charge in [-0.3, -0.25) is 4.21 Å². The van der Waals surface area contributed by atoms with E-state index in [-0.39, 0.29) is 0 Å². The highest BCUT2D eigenvalue weighted by atomic mass is 32.2. The van der Waals surface area contributed by atoms with Gasteiger partial charge in [-0.1, -0.05) is 0 Å². The molecule has 0 radical (unpaired) electrons. The summed E-state index contributed by atoms with van der Waals surface area (Å²) in [5, 5.41) is 3.47. The molecule has 1 N–H and O–H groups in total. The zero-order valence-electron chi connectivity index (χ0n) is 10.5. The van der Waals surface area contributed by atoms with Crippen LogP contribution in [0.3, 0.4) is 0 Å². The van der Waals surface area contributed by atoms with Crippen molar-refractivity contribution in [2.24, 2.45) is 0 Å². The summed E-state index contributed by atoms with van der Waals surface area (Å²) in [5.74, 6) is 0.805. The molecule has 1 aliphatic heterocycles. The largest absolute Gasteiger partial charge is 0.378 e. The molecule has 0 spiro atoms. The molecule has 0 aliphatic carbocycles. The van der Waals surface area contributed by atoms with Crippen molar-refractivity contribution in [1.82, 2.24) is 5.32 Å². The van der Waals surface area contributed by atoms with Crippen LogP contribution in [0.5, 0.6) is 0 Å². The van der Waals surface area contributed by atoms with Crippen molar-refractivity contribution in [3.05, 3.63) is 0 Å². The Balaban J connectivity index is 1.91. The van der Waals surface area contributed by atoms with Crippen LogP contribution in [0.4, 0.5) is 0 Å². The minimum absolute atomic E-state index is 0.480. The Morgan fingerprint density at radius 2 is 2.38 bits per heavy atom. The van der Waals surface area contributed by atoms with Crippen LogP contribution in [-0.2, 0) is 15.5 Å².